The van der Waals surface area contributed by atoms with Gasteiger partial charge in [0.05, 0.1) is 0 Å². The van der Waals surface area contributed by atoms with Crippen LogP contribution >= 0.6 is 0 Å². The largest absolute Gasteiger partial charge is 0.302 e. The van der Waals surface area contributed by atoms with Crippen LogP contribution in [0.15, 0.2) is 54.9 Å². The molecule has 0 unspecified atom stereocenters. The first-order chi connectivity index (χ1) is 14.3. The van der Waals surface area contributed by atoms with Gasteiger partial charge in [-0.25, -0.2) is 0 Å². The Morgan fingerprint density at radius 3 is 1.76 bits per heavy atom. The fourth-order valence-electron chi connectivity index (χ4n) is 4.00. The fourth-order valence-corrected chi connectivity index (χ4v) is 4.00. The lowest BCUT2D eigenvalue weighted by atomic mass is 10.0. The zero-order chi connectivity index (χ0) is 20.4. The molecule has 0 saturated heterocycles. The molecular formula is C27H42N2. The smallest absolute Gasteiger partial charge is 0.0299 e. The van der Waals surface area contributed by atoms with Crippen molar-refractivity contribution in [2.45, 2.75) is 90.0 Å². The number of rotatable bonds is 17. The van der Waals surface area contributed by atoms with E-state index in [2.05, 4.69) is 53.3 Å². The molecule has 0 radical (unpaired) electrons. The van der Waals surface area contributed by atoms with E-state index in [0.717, 1.165) is 6.54 Å². The number of nitrogens with zero attached hydrogens (tertiary/aromatic N) is 2. The maximum absolute atomic E-state index is 4.19. The normalized spacial score (nSPS) is 11.2. The van der Waals surface area contributed by atoms with Gasteiger partial charge in [-0.2, -0.15) is 0 Å². The van der Waals surface area contributed by atoms with Gasteiger partial charge in [-0.15, -0.1) is 0 Å². The van der Waals surface area contributed by atoms with Crippen molar-refractivity contribution in [2.24, 2.45) is 0 Å². The van der Waals surface area contributed by atoms with Gasteiger partial charge < -0.3 is 4.90 Å². The highest BCUT2D eigenvalue weighted by Crippen LogP contribution is 2.13. The van der Waals surface area contributed by atoms with Crippen molar-refractivity contribution in [2.75, 3.05) is 13.6 Å². The van der Waals surface area contributed by atoms with Crippen LogP contribution in [0.2, 0.25) is 0 Å². The molecule has 0 atom stereocenters. The van der Waals surface area contributed by atoms with Gasteiger partial charge in [-0.1, -0.05) is 101 Å². The van der Waals surface area contributed by atoms with E-state index < -0.39 is 0 Å². The van der Waals surface area contributed by atoms with Crippen LogP contribution in [-0.2, 0) is 13.0 Å². The van der Waals surface area contributed by atoms with Gasteiger partial charge in [-0.3, -0.25) is 4.98 Å². The summed E-state index contributed by atoms with van der Waals surface area (Å²) >= 11 is 0. The zero-order valence-corrected chi connectivity index (χ0v) is 18.7. The van der Waals surface area contributed by atoms with Gasteiger partial charge in [0.25, 0.3) is 0 Å². The van der Waals surface area contributed by atoms with Crippen molar-refractivity contribution in [3.8, 4) is 0 Å². The van der Waals surface area contributed by atoms with E-state index in [4.69, 9.17) is 0 Å². The predicted octanol–water partition coefficient (Wildman–Crippen LogP) is 7.44. The van der Waals surface area contributed by atoms with E-state index in [0.29, 0.717) is 0 Å². The molecule has 2 heteroatoms. The molecule has 29 heavy (non-hydrogen) atoms. The Balaban J connectivity index is 1.29. The van der Waals surface area contributed by atoms with Crippen LogP contribution in [0.4, 0.5) is 0 Å². The van der Waals surface area contributed by atoms with E-state index in [1.807, 2.05) is 18.5 Å². The highest BCUT2D eigenvalue weighted by Gasteiger charge is 2.00. The van der Waals surface area contributed by atoms with E-state index >= 15 is 0 Å². The minimum absolute atomic E-state index is 1.07. The standard InChI is InChI=1S/C27H42N2/c1-29(25-27-19-14-12-15-20-27)23-16-11-9-7-5-3-2-4-6-8-10-13-18-26-21-17-22-28-24-26/h12,14-15,17,19-22,24H,2-11,13,16,18,23,25H2,1H3. The lowest BCUT2D eigenvalue weighted by Gasteiger charge is -2.16. The molecule has 1 heterocycles. The minimum Gasteiger partial charge on any atom is -0.302 e. The molecular weight excluding hydrogens is 352 g/mol. The number of unbranched alkanes of at least 4 members (excludes halogenated alkanes) is 11. The summed E-state index contributed by atoms with van der Waals surface area (Å²) in [5.41, 5.74) is 2.80. The van der Waals surface area contributed by atoms with Crippen LogP contribution in [0.3, 0.4) is 0 Å². The second kappa shape index (κ2) is 16.2. The van der Waals surface area contributed by atoms with Crippen LogP contribution in [-0.4, -0.2) is 23.5 Å². The third-order valence-corrected chi connectivity index (χ3v) is 5.77. The molecule has 0 fully saturated rings. The fraction of sp³-hybridized carbons (Fsp3) is 0.593. The Morgan fingerprint density at radius 1 is 0.621 bits per heavy atom. The first kappa shape index (κ1) is 23.6. The van der Waals surface area contributed by atoms with Crippen LogP contribution in [0.5, 0.6) is 0 Å². The summed E-state index contributed by atoms with van der Waals surface area (Å²) in [6.07, 6.45) is 21.8. The van der Waals surface area contributed by atoms with Crippen molar-refractivity contribution in [3.63, 3.8) is 0 Å². The monoisotopic (exact) mass is 394 g/mol. The van der Waals surface area contributed by atoms with Gasteiger partial charge in [0.1, 0.15) is 0 Å². The summed E-state index contributed by atoms with van der Waals surface area (Å²) in [4.78, 5) is 6.64. The van der Waals surface area contributed by atoms with E-state index in [-0.39, 0.29) is 0 Å². The molecule has 2 nitrogen and oxygen atoms in total. The van der Waals surface area contributed by atoms with E-state index in [1.54, 1.807) is 0 Å². The Kier molecular flexibility index (Phi) is 13.2. The van der Waals surface area contributed by atoms with Crippen LogP contribution < -0.4 is 0 Å². The van der Waals surface area contributed by atoms with E-state index in [1.165, 1.54) is 101 Å². The number of hydrogen-bond donors (Lipinski definition) is 0. The minimum atomic E-state index is 1.07. The molecule has 0 aliphatic rings. The van der Waals surface area contributed by atoms with Gasteiger partial charge in [0.2, 0.25) is 0 Å². The van der Waals surface area contributed by atoms with Crippen molar-refractivity contribution in [1.29, 1.82) is 0 Å². The lowest BCUT2D eigenvalue weighted by Crippen LogP contribution is -2.18. The second-order valence-electron chi connectivity index (χ2n) is 8.58. The Morgan fingerprint density at radius 2 is 1.17 bits per heavy atom. The third-order valence-electron chi connectivity index (χ3n) is 5.77. The SMILES string of the molecule is CN(CCCCCCCCCCCCCCc1cccnc1)Cc1ccccc1. The molecule has 2 aromatic rings. The number of aryl methyl sites for hydroxylation is 1. The summed E-state index contributed by atoms with van der Waals surface area (Å²) in [6.45, 7) is 2.29. The molecule has 0 aliphatic heterocycles. The molecule has 0 amide bonds. The highest BCUT2D eigenvalue weighted by molar-refractivity contribution is 5.14. The molecule has 1 aromatic carbocycles. The molecule has 0 aliphatic carbocycles. The van der Waals surface area contributed by atoms with Gasteiger partial charge in [-0.05, 0) is 50.0 Å². The molecule has 0 N–H and O–H groups in total. The topological polar surface area (TPSA) is 16.1 Å². The van der Waals surface area contributed by atoms with Crippen LogP contribution in [0.1, 0.15) is 88.2 Å². The quantitative estimate of drug-likeness (QED) is 0.259. The van der Waals surface area contributed by atoms with Crippen LogP contribution in [0.25, 0.3) is 0 Å². The highest BCUT2D eigenvalue weighted by atomic mass is 15.1. The van der Waals surface area contributed by atoms with Crippen molar-refractivity contribution >= 4 is 0 Å². The zero-order valence-electron chi connectivity index (χ0n) is 18.7. The summed E-state index contributed by atoms with van der Waals surface area (Å²) in [6, 6.07) is 15.0. The van der Waals surface area contributed by atoms with Crippen molar-refractivity contribution in [1.82, 2.24) is 9.88 Å². The predicted molar refractivity (Wildman–Crippen MR) is 126 cm³/mol. The average molecular weight is 395 g/mol. The van der Waals surface area contributed by atoms with Gasteiger partial charge >= 0.3 is 0 Å². The molecule has 0 saturated carbocycles. The summed E-state index contributed by atoms with van der Waals surface area (Å²) < 4.78 is 0. The number of hydrogen-bond acceptors (Lipinski definition) is 2. The number of benzene rings is 1. The summed E-state index contributed by atoms with van der Waals surface area (Å²) in [5.74, 6) is 0. The van der Waals surface area contributed by atoms with Gasteiger partial charge in [0, 0.05) is 18.9 Å². The van der Waals surface area contributed by atoms with E-state index in [9.17, 15) is 0 Å². The molecule has 2 rings (SSSR count). The number of pyridine rings is 1. The first-order valence-electron chi connectivity index (χ1n) is 12.0. The maximum Gasteiger partial charge on any atom is 0.0299 e. The summed E-state index contributed by atoms with van der Waals surface area (Å²) in [5, 5.41) is 0. The Bertz CT molecular complexity index is 596. The van der Waals surface area contributed by atoms with Gasteiger partial charge in [0.15, 0.2) is 0 Å². The average Bonchev–Trinajstić information content (AvgIpc) is 2.75. The van der Waals surface area contributed by atoms with Crippen molar-refractivity contribution in [3.05, 3.63) is 66.0 Å². The number of aromatic nitrogens is 1. The van der Waals surface area contributed by atoms with Crippen LogP contribution in [0, 0.1) is 0 Å². The lowest BCUT2D eigenvalue weighted by molar-refractivity contribution is 0.316. The Labute approximate surface area is 179 Å². The van der Waals surface area contributed by atoms with Crippen molar-refractivity contribution < 1.29 is 0 Å². The Hall–Kier alpha value is -1.67. The second-order valence-corrected chi connectivity index (χ2v) is 8.58. The first-order valence-corrected chi connectivity index (χ1v) is 12.0. The summed E-state index contributed by atoms with van der Waals surface area (Å²) in [7, 11) is 2.24. The maximum atomic E-state index is 4.19. The molecule has 160 valence electrons. The molecule has 0 spiro atoms. The molecule has 0 bridgehead atoms. The third kappa shape index (κ3) is 12.5. The molecule has 1 aromatic heterocycles.